The van der Waals surface area contributed by atoms with Gasteiger partial charge in [-0.2, -0.15) is 0 Å². The molecule has 150 valence electrons. The van der Waals surface area contributed by atoms with Crippen LogP contribution in [0.5, 0.6) is 0 Å². The van der Waals surface area contributed by atoms with Crippen molar-refractivity contribution < 1.29 is 4.79 Å². The Balaban J connectivity index is 1.45. The molecule has 29 heavy (non-hydrogen) atoms. The van der Waals surface area contributed by atoms with E-state index in [2.05, 4.69) is 37.2 Å². The van der Waals surface area contributed by atoms with Gasteiger partial charge < -0.3 is 9.88 Å². The third kappa shape index (κ3) is 4.74. The second-order valence-corrected chi connectivity index (χ2v) is 8.65. The van der Waals surface area contributed by atoms with E-state index in [9.17, 15) is 4.79 Å². The number of aromatic nitrogens is 4. The van der Waals surface area contributed by atoms with Gasteiger partial charge in [-0.1, -0.05) is 65.3 Å². The molecule has 0 aliphatic heterocycles. The molecule has 0 bridgehead atoms. The lowest BCUT2D eigenvalue weighted by molar-refractivity contribution is -0.113. The van der Waals surface area contributed by atoms with Crippen molar-refractivity contribution in [3.8, 4) is 0 Å². The van der Waals surface area contributed by atoms with Crippen molar-refractivity contribution in [2.45, 2.75) is 37.4 Å². The van der Waals surface area contributed by atoms with Gasteiger partial charge in [-0.3, -0.25) is 4.79 Å². The van der Waals surface area contributed by atoms with E-state index in [0.717, 1.165) is 23.8 Å². The monoisotopic (exact) mass is 447 g/mol. The highest BCUT2D eigenvalue weighted by molar-refractivity contribution is 7.99. The van der Waals surface area contributed by atoms with E-state index in [1.54, 1.807) is 6.92 Å². The summed E-state index contributed by atoms with van der Waals surface area (Å²) in [5.41, 5.74) is 1.86. The van der Waals surface area contributed by atoms with Gasteiger partial charge in [0.15, 0.2) is 11.0 Å². The molecule has 1 fully saturated rings. The number of hydrogen-bond acceptors (Lipinski definition) is 5. The van der Waals surface area contributed by atoms with Crippen LogP contribution in [0, 0.1) is 6.92 Å². The molecule has 9 heteroatoms. The smallest absolute Gasteiger partial charge is 0.236 e. The summed E-state index contributed by atoms with van der Waals surface area (Å²) >= 11 is 13.6. The Bertz CT molecular complexity index is 1040. The summed E-state index contributed by atoms with van der Waals surface area (Å²) in [6, 6.07) is 10.2. The van der Waals surface area contributed by atoms with Crippen LogP contribution in [-0.2, 0) is 11.3 Å². The number of anilines is 1. The van der Waals surface area contributed by atoms with Gasteiger partial charge in [0.05, 0.1) is 22.3 Å². The summed E-state index contributed by atoms with van der Waals surface area (Å²) in [4.78, 5) is 16.5. The average molecular weight is 448 g/mol. The molecule has 1 aromatic carbocycles. The first-order valence-corrected chi connectivity index (χ1v) is 11.0. The number of carbonyl (C=O) groups is 1. The molecule has 0 radical (unpaired) electrons. The zero-order valence-electron chi connectivity index (χ0n) is 15.7. The van der Waals surface area contributed by atoms with Gasteiger partial charge in [-0.15, -0.1) is 10.2 Å². The number of amides is 1. The van der Waals surface area contributed by atoms with E-state index in [1.165, 1.54) is 23.5 Å². The molecule has 1 N–H and O–H groups in total. The minimum absolute atomic E-state index is 0.178. The molecule has 6 nitrogen and oxygen atoms in total. The molecule has 0 unspecified atom stereocenters. The highest BCUT2D eigenvalue weighted by Gasteiger charge is 2.30. The number of pyridine rings is 1. The Labute approximate surface area is 183 Å². The maximum absolute atomic E-state index is 12.4. The molecule has 0 spiro atoms. The quantitative estimate of drug-likeness (QED) is 0.518. The van der Waals surface area contributed by atoms with E-state index >= 15 is 0 Å². The number of hydrogen-bond donors (Lipinski definition) is 1. The van der Waals surface area contributed by atoms with E-state index in [0.29, 0.717) is 33.9 Å². The molecule has 1 aliphatic rings. The van der Waals surface area contributed by atoms with Crippen LogP contribution in [0.15, 0.2) is 41.7 Å². The zero-order valence-corrected chi connectivity index (χ0v) is 18.1. The first-order chi connectivity index (χ1) is 14.0. The fraction of sp³-hybridized carbons (Fsp3) is 0.300. The van der Waals surface area contributed by atoms with Crippen molar-refractivity contribution in [3.05, 3.63) is 63.5 Å². The van der Waals surface area contributed by atoms with Crippen molar-refractivity contribution in [1.29, 1.82) is 0 Å². The summed E-state index contributed by atoms with van der Waals surface area (Å²) in [5.74, 6) is 1.73. The Kier molecular flexibility index (Phi) is 6.08. The predicted molar refractivity (Wildman–Crippen MR) is 116 cm³/mol. The van der Waals surface area contributed by atoms with E-state index in [-0.39, 0.29) is 11.7 Å². The first kappa shape index (κ1) is 20.2. The van der Waals surface area contributed by atoms with Gasteiger partial charge >= 0.3 is 0 Å². The molecule has 1 amide bonds. The number of benzene rings is 1. The van der Waals surface area contributed by atoms with Gasteiger partial charge in [0.25, 0.3) is 0 Å². The van der Waals surface area contributed by atoms with Gasteiger partial charge in [-0.25, -0.2) is 4.98 Å². The van der Waals surface area contributed by atoms with Crippen LogP contribution in [-0.4, -0.2) is 31.4 Å². The van der Waals surface area contributed by atoms with E-state index in [4.69, 9.17) is 23.2 Å². The molecule has 0 saturated heterocycles. The third-order valence-electron chi connectivity index (χ3n) is 4.66. The fourth-order valence-corrected chi connectivity index (χ4v) is 4.04. The highest BCUT2D eigenvalue weighted by Crippen LogP contribution is 2.40. The number of thioether (sulfide) groups is 1. The number of nitrogens with zero attached hydrogens (tertiary/aromatic N) is 4. The second-order valence-electron chi connectivity index (χ2n) is 6.92. The van der Waals surface area contributed by atoms with Crippen molar-refractivity contribution in [2.24, 2.45) is 0 Å². The molecule has 0 atom stereocenters. The summed E-state index contributed by atoms with van der Waals surface area (Å²) in [5, 5.41) is 13.0. The Morgan fingerprint density at radius 1 is 1.24 bits per heavy atom. The predicted octanol–water partition coefficient (Wildman–Crippen LogP) is 4.94. The van der Waals surface area contributed by atoms with Gasteiger partial charge in [0.1, 0.15) is 5.82 Å². The second kappa shape index (κ2) is 8.73. The Hall–Kier alpha value is -2.09. The summed E-state index contributed by atoms with van der Waals surface area (Å²) in [7, 11) is 0. The van der Waals surface area contributed by atoms with Gasteiger partial charge in [0.2, 0.25) is 5.91 Å². The fourth-order valence-electron chi connectivity index (χ4n) is 2.91. The van der Waals surface area contributed by atoms with Gasteiger partial charge in [0, 0.05) is 12.1 Å². The Morgan fingerprint density at radius 2 is 2.00 bits per heavy atom. The van der Waals surface area contributed by atoms with Crippen molar-refractivity contribution in [1.82, 2.24) is 19.7 Å². The number of nitrogens with one attached hydrogen (secondary N) is 1. The average Bonchev–Trinajstić information content (AvgIpc) is 3.49. The lowest BCUT2D eigenvalue weighted by Gasteiger charge is -2.11. The SMILES string of the molecule is Cc1c(Cl)cnc(NC(=O)CSc2nnc(C3CC3)n2Cc2ccccc2)c1Cl. The van der Waals surface area contributed by atoms with Crippen LogP contribution in [0.25, 0.3) is 0 Å². The highest BCUT2D eigenvalue weighted by atomic mass is 35.5. The summed E-state index contributed by atoms with van der Waals surface area (Å²) in [6.07, 6.45) is 3.75. The molecule has 3 aromatic rings. The molecule has 2 heterocycles. The minimum atomic E-state index is -0.214. The third-order valence-corrected chi connectivity index (χ3v) is 6.47. The molecule has 1 aliphatic carbocycles. The van der Waals surface area contributed by atoms with Crippen LogP contribution in [0.4, 0.5) is 5.82 Å². The zero-order chi connectivity index (χ0) is 20.4. The van der Waals surface area contributed by atoms with Crippen LogP contribution < -0.4 is 5.32 Å². The van der Waals surface area contributed by atoms with Crippen molar-refractivity contribution >= 4 is 46.7 Å². The van der Waals surface area contributed by atoms with Crippen LogP contribution >= 0.6 is 35.0 Å². The van der Waals surface area contributed by atoms with Crippen molar-refractivity contribution in [2.75, 3.05) is 11.1 Å². The normalized spacial score (nSPS) is 13.5. The Morgan fingerprint density at radius 3 is 2.72 bits per heavy atom. The van der Waals surface area contributed by atoms with E-state index in [1.807, 2.05) is 18.2 Å². The lowest BCUT2D eigenvalue weighted by Crippen LogP contribution is -2.16. The standard InChI is InChI=1S/C20H19Cl2N5OS/c1-12-15(21)9-23-18(17(12)22)24-16(28)11-29-20-26-25-19(14-7-8-14)27(20)10-13-5-3-2-4-6-13/h2-6,9,14H,7-8,10-11H2,1H3,(H,23,24,28). The maximum atomic E-state index is 12.4. The topological polar surface area (TPSA) is 72.7 Å². The number of halogens is 2. The summed E-state index contributed by atoms with van der Waals surface area (Å²) < 4.78 is 2.11. The molecule has 1 saturated carbocycles. The van der Waals surface area contributed by atoms with E-state index < -0.39 is 0 Å². The minimum Gasteiger partial charge on any atom is -0.309 e. The number of carbonyl (C=O) groups excluding carboxylic acids is 1. The summed E-state index contributed by atoms with van der Waals surface area (Å²) in [6.45, 7) is 2.47. The lowest BCUT2D eigenvalue weighted by atomic mass is 10.2. The first-order valence-electron chi connectivity index (χ1n) is 9.23. The molecular weight excluding hydrogens is 429 g/mol. The maximum Gasteiger partial charge on any atom is 0.236 e. The van der Waals surface area contributed by atoms with Crippen LogP contribution in [0.3, 0.4) is 0 Å². The van der Waals surface area contributed by atoms with Crippen LogP contribution in [0.2, 0.25) is 10.0 Å². The number of rotatable bonds is 7. The van der Waals surface area contributed by atoms with Gasteiger partial charge in [-0.05, 0) is 30.9 Å². The van der Waals surface area contributed by atoms with Crippen LogP contribution in [0.1, 0.15) is 35.7 Å². The molecule has 4 rings (SSSR count). The molecule has 2 aromatic heterocycles. The largest absolute Gasteiger partial charge is 0.309 e. The van der Waals surface area contributed by atoms with Crippen molar-refractivity contribution in [3.63, 3.8) is 0 Å². The molecular formula is C20H19Cl2N5OS.